The summed E-state index contributed by atoms with van der Waals surface area (Å²) < 4.78 is 1.08. The van der Waals surface area contributed by atoms with Crippen molar-refractivity contribution in [1.29, 1.82) is 0 Å². The molecule has 1 aliphatic rings. The van der Waals surface area contributed by atoms with Crippen molar-refractivity contribution in [2.45, 2.75) is 13.0 Å². The van der Waals surface area contributed by atoms with Crippen molar-refractivity contribution in [2.75, 3.05) is 19.6 Å². The van der Waals surface area contributed by atoms with Crippen LogP contribution >= 0.6 is 51.0 Å². The first-order valence-electron chi connectivity index (χ1n) is 6.38. The number of thiazole rings is 1. The Morgan fingerprint density at radius 3 is 3.00 bits per heavy atom. The van der Waals surface area contributed by atoms with E-state index in [1.807, 2.05) is 22.4 Å². The number of thiophene rings is 1. The highest BCUT2D eigenvalue weighted by molar-refractivity contribution is 9.11. The molecule has 0 saturated carbocycles. The number of carbonyl (C=O) groups is 1. The average Bonchev–Trinajstić information content (AvgIpc) is 3.07. The normalized spacial score (nSPS) is 18.4. The second kappa shape index (κ2) is 7.19. The van der Waals surface area contributed by atoms with Crippen LogP contribution in [-0.2, 0) is 0 Å². The Hall–Kier alpha value is -0.470. The Kier molecular flexibility index (Phi) is 5.79. The standard InChI is InChI=1S/C13H14BrN3OS2.ClH/c1-8-6-15-4-5-17(8)13(18)9-7-19-12(16-9)10-2-3-11(14)20-10;/h2-3,7-8,15H,4-6H2,1H3;1H/t8-;/m1./s1. The molecule has 1 fully saturated rings. The summed E-state index contributed by atoms with van der Waals surface area (Å²) in [5, 5.41) is 6.06. The Bertz CT molecular complexity index is 630. The molecule has 1 aliphatic heterocycles. The number of rotatable bonds is 2. The summed E-state index contributed by atoms with van der Waals surface area (Å²) in [6.07, 6.45) is 0. The fourth-order valence-electron chi connectivity index (χ4n) is 2.20. The lowest BCUT2D eigenvalue weighted by Crippen LogP contribution is -2.52. The zero-order valence-corrected chi connectivity index (χ0v) is 15.4. The summed E-state index contributed by atoms with van der Waals surface area (Å²) in [7, 11) is 0. The van der Waals surface area contributed by atoms with Crippen LogP contribution in [0.4, 0.5) is 0 Å². The molecule has 1 atom stereocenters. The van der Waals surface area contributed by atoms with Gasteiger partial charge in [-0.25, -0.2) is 4.98 Å². The summed E-state index contributed by atoms with van der Waals surface area (Å²) >= 11 is 6.61. The van der Waals surface area contributed by atoms with Crippen LogP contribution in [0.1, 0.15) is 17.4 Å². The molecule has 8 heteroatoms. The van der Waals surface area contributed by atoms with Gasteiger partial charge in [-0.15, -0.1) is 35.1 Å². The Morgan fingerprint density at radius 1 is 1.52 bits per heavy atom. The lowest BCUT2D eigenvalue weighted by atomic mass is 10.2. The molecule has 0 aromatic carbocycles. The maximum atomic E-state index is 12.5. The van der Waals surface area contributed by atoms with Gasteiger partial charge < -0.3 is 10.2 Å². The molecule has 3 heterocycles. The monoisotopic (exact) mass is 407 g/mol. The van der Waals surface area contributed by atoms with Crippen LogP contribution < -0.4 is 5.32 Å². The van der Waals surface area contributed by atoms with Crippen molar-refractivity contribution in [3.8, 4) is 9.88 Å². The van der Waals surface area contributed by atoms with Gasteiger partial charge in [0, 0.05) is 31.1 Å². The number of nitrogens with one attached hydrogen (secondary N) is 1. The van der Waals surface area contributed by atoms with Crippen LogP contribution in [0.15, 0.2) is 21.3 Å². The van der Waals surface area contributed by atoms with Crippen LogP contribution in [0.3, 0.4) is 0 Å². The third-order valence-corrected chi connectivity index (χ3v) is 5.90. The van der Waals surface area contributed by atoms with E-state index in [1.54, 1.807) is 11.3 Å². The lowest BCUT2D eigenvalue weighted by molar-refractivity contribution is 0.0650. The topological polar surface area (TPSA) is 45.2 Å². The Morgan fingerprint density at radius 2 is 2.33 bits per heavy atom. The molecule has 0 unspecified atom stereocenters. The molecular weight excluding hydrogens is 394 g/mol. The van der Waals surface area contributed by atoms with Crippen molar-refractivity contribution < 1.29 is 4.79 Å². The minimum Gasteiger partial charge on any atom is -0.332 e. The molecule has 1 amide bonds. The van der Waals surface area contributed by atoms with Gasteiger partial charge in [-0.2, -0.15) is 0 Å². The van der Waals surface area contributed by atoms with Gasteiger partial charge in [0.05, 0.1) is 8.66 Å². The second-order valence-electron chi connectivity index (χ2n) is 4.69. The first-order chi connectivity index (χ1) is 9.65. The molecule has 0 spiro atoms. The summed E-state index contributed by atoms with van der Waals surface area (Å²) in [5.74, 6) is 0.0390. The van der Waals surface area contributed by atoms with E-state index in [-0.39, 0.29) is 24.4 Å². The molecule has 0 bridgehead atoms. The van der Waals surface area contributed by atoms with Crippen LogP contribution in [-0.4, -0.2) is 41.5 Å². The third-order valence-electron chi connectivity index (χ3n) is 3.27. The molecule has 21 heavy (non-hydrogen) atoms. The lowest BCUT2D eigenvalue weighted by Gasteiger charge is -2.33. The van der Waals surface area contributed by atoms with E-state index >= 15 is 0 Å². The van der Waals surface area contributed by atoms with Crippen LogP contribution in [0.2, 0.25) is 0 Å². The smallest absolute Gasteiger partial charge is 0.273 e. The van der Waals surface area contributed by atoms with E-state index in [4.69, 9.17) is 0 Å². The van der Waals surface area contributed by atoms with Gasteiger partial charge in [-0.05, 0) is 35.0 Å². The summed E-state index contributed by atoms with van der Waals surface area (Å²) in [6, 6.07) is 4.24. The van der Waals surface area contributed by atoms with Crippen molar-refractivity contribution in [3.63, 3.8) is 0 Å². The number of aromatic nitrogens is 1. The van der Waals surface area contributed by atoms with E-state index in [0.717, 1.165) is 33.3 Å². The van der Waals surface area contributed by atoms with Gasteiger partial charge in [0.25, 0.3) is 5.91 Å². The molecule has 4 nitrogen and oxygen atoms in total. The van der Waals surface area contributed by atoms with E-state index in [9.17, 15) is 4.79 Å². The first-order valence-corrected chi connectivity index (χ1v) is 8.87. The van der Waals surface area contributed by atoms with E-state index in [0.29, 0.717) is 5.69 Å². The largest absolute Gasteiger partial charge is 0.332 e. The van der Waals surface area contributed by atoms with Gasteiger partial charge in [0.15, 0.2) is 0 Å². The van der Waals surface area contributed by atoms with Crippen LogP contribution in [0.5, 0.6) is 0 Å². The van der Waals surface area contributed by atoms with Gasteiger partial charge in [0.2, 0.25) is 0 Å². The fourth-order valence-corrected chi connectivity index (χ4v) is 4.46. The Balaban J connectivity index is 0.00000161. The molecule has 114 valence electrons. The van der Waals surface area contributed by atoms with Crippen molar-refractivity contribution in [3.05, 3.63) is 27.0 Å². The van der Waals surface area contributed by atoms with Gasteiger partial charge in [-0.1, -0.05) is 0 Å². The van der Waals surface area contributed by atoms with Crippen LogP contribution in [0.25, 0.3) is 9.88 Å². The Labute approximate surface area is 146 Å². The molecule has 1 saturated heterocycles. The van der Waals surface area contributed by atoms with Crippen molar-refractivity contribution >= 4 is 56.9 Å². The number of hydrogen-bond donors (Lipinski definition) is 1. The first kappa shape index (κ1) is 16.9. The SMILES string of the molecule is C[C@@H]1CNCCN1C(=O)c1csc(-c2ccc(Br)s2)n1.Cl. The third kappa shape index (κ3) is 3.65. The van der Waals surface area contributed by atoms with Gasteiger partial charge in [0.1, 0.15) is 10.7 Å². The number of halogens is 2. The predicted octanol–water partition coefficient (Wildman–Crippen LogP) is 3.49. The minimum absolute atomic E-state index is 0. The zero-order chi connectivity index (χ0) is 14.1. The maximum absolute atomic E-state index is 12.5. The van der Waals surface area contributed by atoms with Crippen molar-refractivity contribution in [2.24, 2.45) is 0 Å². The molecule has 2 aromatic heterocycles. The van der Waals surface area contributed by atoms with Gasteiger partial charge in [-0.3, -0.25) is 4.79 Å². The summed E-state index contributed by atoms with van der Waals surface area (Å²) in [5.41, 5.74) is 0.559. The highest BCUT2D eigenvalue weighted by atomic mass is 79.9. The molecule has 2 aromatic rings. The fraction of sp³-hybridized carbons (Fsp3) is 0.385. The second-order valence-corrected chi connectivity index (χ2v) is 8.01. The zero-order valence-electron chi connectivity index (χ0n) is 11.3. The van der Waals surface area contributed by atoms with E-state index in [1.165, 1.54) is 11.3 Å². The molecule has 0 radical (unpaired) electrons. The average molecular weight is 409 g/mol. The summed E-state index contributed by atoms with van der Waals surface area (Å²) in [6.45, 7) is 4.51. The number of hydrogen-bond acceptors (Lipinski definition) is 5. The van der Waals surface area contributed by atoms with E-state index in [2.05, 4.69) is 33.2 Å². The number of piperazine rings is 1. The maximum Gasteiger partial charge on any atom is 0.273 e. The molecule has 0 aliphatic carbocycles. The minimum atomic E-state index is 0. The quantitative estimate of drug-likeness (QED) is 0.827. The molecule has 3 rings (SSSR count). The molecule has 1 N–H and O–H groups in total. The van der Waals surface area contributed by atoms with E-state index < -0.39 is 0 Å². The number of nitrogens with zero attached hydrogens (tertiary/aromatic N) is 2. The highest BCUT2D eigenvalue weighted by Gasteiger charge is 2.25. The van der Waals surface area contributed by atoms with Gasteiger partial charge >= 0.3 is 0 Å². The highest BCUT2D eigenvalue weighted by Crippen LogP contribution is 2.33. The number of amides is 1. The predicted molar refractivity (Wildman–Crippen MR) is 93.7 cm³/mol. The summed E-state index contributed by atoms with van der Waals surface area (Å²) in [4.78, 5) is 20.0. The van der Waals surface area contributed by atoms with Crippen molar-refractivity contribution in [1.82, 2.24) is 15.2 Å². The molecular formula is C13H15BrClN3OS2. The number of carbonyl (C=O) groups excluding carboxylic acids is 1. The van der Waals surface area contributed by atoms with Crippen LogP contribution in [0, 0.1) is 0 Å².